The van der Waals surface area contributed by atoms with Gasteiger partial charge in [0.25, 0.3) is 0 Å². The van der Waals surface area contributed by atoms with E-state index in [0.29, 0.717) is 5.92 Å². The summed E-state index contributed by atoms with van der Waals surface area (Å²) in [5, 5.41) is 9.05. The average Bonchev–Trinajstić information content (AvgIpc) is 2.79. The van der Waals surface area contributed by atoms with Gasteiger partial charge >= 0.3 is 0 Å². The molecule has 3 heteroatoms. The lowest BCUT2D eigenvalue weighted by atomic mass is 10.0. The van der Waals surface area contributed by atoms with Gasteiger partial charge < -0.3 is 9.67 Å². The van der Waals surface area contributed by atoms with Crippen molar-refractivity contribution in [2.45, 2.75) is 58.9 Å². The summed E-state index contributed by atoms with van der Waals surface area (Å²) in [7, 11) is 0. The number of unbranched alkanes of at least 4 members (excludes halogenated alkanes) is 1. The Morgan fingerprint density at radius 1 is 1.25 bits per heavy atom. The zero-order valence-electron chi connectivity index (χ0n) is 12.9. The van der Waals surface area contributed by atoms with Gasteiger partial charge in [0.2, 0.25) is 0 Å². The van der Waals surface area contributed by atoms with Crippen LogP contribution in [0.1, 0.15) is 57.3 Å². The van der Waals surface area contributed by atoms with Crippen molar-refractivity contribution in [1.29, 1.82) is 0 Å². The molecule has 110 valence electrons. The number of hydrogen-bond acceptors (Lipinski definition) is 2. The van der Waals surface area contributed by atoms with E-state index < -0.39 is 0 Å². The van der Waals surface area contributed by atoms with Crippen LogP contribution in [0.5, 0.6) is 0 Å². The van der Waals surface area contributed by atoms with Crippen LogP contribution in [-0.4, -0.2) is 21.3 Å². The number of aryl methyl sites for hydroxylation is 2. The fourth-order valence-electron chi connectivity index (χ4n) is 2.55. The van der Waals surface area contributed by atoms with Crippen LogP contribution in [0.15, 0.2) is 18.2 Å². The van der Waals surface area contributed by atoms with Crippen molar-refractivity contribution in [3.63, 3.8) is 0 Å². The minimum absolute atomic E-state index is 0.230. The smallest absolute Gasteiger partial charge is 0.109 e. The van der Waals surface area contributed by atoms with Gasteiger partial charge in [-0.2, -0.15) is 0 Å². The Kier molecular flexibility index (Phi) is 5.18. The highest BCUT2D eigenvalue weighted by Crippen LogP contribution is 2.23. The van der Waals surface area contributed by atoms with Gasteiger partial charge in [-0.3, -0.25) is 0 Å². The molecule has 0 saturated carbocycles. The molecule has 0 aliphatic carbocycles. The van der Waals surface area contributed by atoms with Crippen molar-refractivity contribution in [2.24, 2.45) is 0 Å². The van der Waals surface area contributed by atoms with Crippen molar-refractivity contribution in [3.8, 4) is 0 Å². The van der Waals surface area contributed by atoms with Gasteiger partial charge in [0.05, 0.1) is 11.0 Å². The summed E-state index contributed by atoms with van der Waals surface area (Å²) in [6.07, 6.45) is 3.99. The standard InChI is InChI=1S/C17H26N2O/c1-4-5-10-19-16-9-8-14(13(2)3)12-15(16)18-17(19)7-6-11-20/h8-9,12-13,20H,4-7,10-11H2,1-3H3. The third kappa shape index (κ3) is 3.21. The molecule has 2 aromatic rings. The number of hydrogen-bond donors (Lipinski definition) is 1. The molecule has 0 aliphatic heterocycles. The Morgan fingerprint density at radius 2 is 2.05 bits per heavy atom. The molecule has 0 unspecified atom stereocenters. The summed E-state index contributed by atoms with van der Waals surface area (Å²) < 4.78 is 2.33. The quantitative estimate of drug-likeness (QED) is 0.832. The van der Waals surface area contributed by atoms with Crippen LogP contribution in [0, 0.1) is 0 Å². The zero-order chi connectivity index (χ0) is 14.5. The highest BCUT2D eigenvalue weighted by atomic mass is 16.2. The number of imidazole rings is 1. The second-order valence-corrected chi connectivity index (χ2v) is 5.76. The van der Waals surface area contributed by atoms with Gasteiger partial charge in [-0.25, -0.2) is 4.98 Å². The molecule has 1 aromatic heterocycles. The number of aliphatic hydroxyl groups is 1. The van der Waals surface area contributed by atoms with Crippen LogP contribution in [0.3, 0.4) is 0 Å². The van der Waals surface area contributed by atoms with Crippen LogP contribution in [0.2, 0.25) is 0 Å². The lowest BCUT2D eigenvalue weighted by Crippen LogP contribution is -2.05. The molecule has 0 fully saturated rings. The number of aromatic nitrogens is 2. The van der Waals surface area contributed by atoms with E-state index in [1.807, 2.05) is 0 Å². The Morgan fingerprint density at radius 3 is 2.70 bits per heavy atom. The van der Waals surface area contributed by atoms with E-state index in [2.05, 4.69) is 43.5 Å². The van der Waals surface area contributed by atoms with E-state index in [4.69, 9.17) is 10.1 Å². The van der Waals surface area contributed by atoms with Gasteiger partial charge in [0.15, 0.2) is 0 Å². The van der Waals surface area contributed by atoms with Crippen molar-refractivity contribution >= 4 is 11.0 Å². The molecule has 0 spiro atoms. The fraction of sp³-hybridized carbons (Fsp3) is 0.588. The number of benzene rings is 1. The van der Waals surface area contributed by atoms with Crippen LogP contribution in [-0.2, 0) is 13.0 Å². The second kappa shape index (κ2) is 6.89. The molecular weight excluding hydrogens is 248 g/mol. The summed E-state index contributed by atoms with van der Waals surface area (Å²) >= 11 is 0. The summed E-state index contributed by atoms with van der Waals surface area (Å²) in [4.78, 5) is 4.80. The molecule has 0 saturated heterocycles. The molecule has 1 aromatic carbocycles. The Balaban J connectivity index is 2.41. The fourth-order valence-corrected chi connectivity index (χ4v) is 2.55. The van der Waals surface area contributed by atoms with E-state index in [1.165, 1.54) is 23.9 Å². The van der Waals surface area contributed by atoms with Crippen molar-refractivity contribution < 1.29 is 5.11 Å². The zero-order valence-corrected chi connectivity index (χ0v) is 12.9. The second-order valence-electron chi connectivity index (χ2n) is 5.76. The number of fused-ring (bicyclic) bond motifs is 1. The van der Waals surface area contributed by atoms with Crippen molar-refractivity contribution in [2.75, 3.05) is 6.61 Å². The average molecular weight is 274 g/mol. The van der Waals surface area contributed by atoms with Gasteiger partial charge in [-0.05, 0) is 36.5 Å². The summed E-state index contributed by atoms with van der Waals surface area (Å²) in [6.45, 7) is 7.89. The molecule has 0 atom stereocenters. The van der Waals surface area contributed by atoms with Crippen LogP contribution in [0.25, 0.3) is 11.0 Å². The monoisotopic (exact) mass is 274 g/mol. The molecule has 20 heavy (non-hydrogen) atoms. The Labute approximate surface area is 121 Å². The van der Waals surface area contributed by atoms with Crippen LogP contribution >= 0.6 is 0 Å². The molecule has 0 aliphatic rings. The third-order valence-corrected chi connectivity index (χ3v) is 3.81. The summed E-state index contributed by atoms with van der Waals surface area (Å²) in [5.41, 5.74) is 3.67. The first kappa shape index (κ1) is 15.0. The van der Waals surface area contributed by atoms with Crippen molar-refractivity contribution in [3.05, 3.63) is 29.6 Å². The first-order valence-corrected chi connectivity index (χ1v) is 7.77. The molecule has 1 heterocycles. The van der Waals surface area contributed by atoms with E-state index >= 15 is 0 Å². The molecular formula is C17H26N2O. The van der Waals surface area contributed by atoms with E-state index in [-0.39, 0.29) is 6.61 Å². The first-order chi connectivity index (χ1) is 9.67. The third-order valence-electron chi connectivity index (χ3n) is 3.81. The Bertz CT molecular complexity index is 557. The first-order valence-electron chi connectivity index (χ1n) is 7.77. The highest BCUT2D eigenvalue weighted by molar-refractivity contribution is 5.77. The van der Waals surface area contributed by atoms with Crippen molar-refractivity contribution in [1.82, 2.24) is 9.55 Å². The minimum Gasteiger partial charge on any atom is -0.396 e. The lowest BCUT2D eigenvalue weighted by molar-refractivity contribution is 0.287. The predicted molar refractivity (Wildman–Crippen MR) is 84.1 cm³/mol. The largest absolute Gasteiger partial charge is 0.396 e. The van der Waals surface area contributed by atoms with E-state index in [0.717, 1.165) is 30.7 Å². The molecule has 2 rings (SSSR count). The van der Waals surface area contributed by atoms with Gasteiger partial charge in [-0.1, -0.05) is 33.3 Å². The van der Waals surface area contributed by atoms with Crippen LogP contribution in [0.4, 0.5) is 0 Å². The lowest BCUT2D eigenvalue weighted by Gasteiger charge is -2.09. The maximum Gasteiger partial charge on any atom is 0.109 e. The normalized spacial score (nSPS) is 11.7. The number of rotatable bonds is 7. The molecule has 0 amide bonds. The maximum atomic E-state index is 9.05. The van der Waals surface area contributed by atoms with Crippen LogP contribution < -0.4 is 0 Å². The molecule has 1 N–H and O–H groups in total. The topological polar surface area (TPSA) is 38.0 Å². The summed E-state index contributed by atoms with van der Waals surface area (Å²) in [5.74, 6) is 1.64. The SMILES string of the molecule is CCCCn1c(CCCO)nc2cc(C(C)C)ccc21. The number of aliphatic hydroxyl groups excluding tert-OH is 1. The number of nitrogens with zero attached hydrogens (tertiary/aromatic N) is 2. The molecule has 0 radical (unpaired) electrons. The molecule has 0 bridgehead atoms. The van der Waals surface area contributed by atoms with Gasteiger partial charge in [-0.15, -0.1) is 0 Å². The van der Waals surface area contributed by atoms with Gasteiger partial charge in [0.1, 0.15) is 5.82 Å². The minimum atomic E-state index is 0.230. The van der Waals surface area contributed by atoms with E-state index in [9.17, 15) is 0 Å². The predicted octanol–water partition coefficient (Wildman–Crippen LogP) is 3.88. The van der Waals surface area contributed by atoms with Gasteiger partial charge in [0, 0.05) is 19.6 Å². The highest BCUT2D eigenvalue weighted by Gasteiger charge is 2.11. The Hall–Kier alpha value is -1.35. The van der Waals surface area contributed by atoms with E-state index in [1.54, 1.807) is 0 Å². The molecule has 3 nitrogen and oxygen atoms in total. The maximum absolute atomic E-state index is 9.05. The summed E-state index contributed by atoms with van der Waals surface area (Å²) in [6, 6.07) is 6.63.